The fourth-order valence-corrected chi connectivity index (χ4v) is 6.31. The summed E-state index contributed by atoms with van der Waals surface area (Å²) in [5, 5.41) is 0. The molecule has 0 saturated carbocycles. The molecule has 1 aliphatic carbocycles. The van der Waals surface area contributed by atoms with E-state index < -0.39 is 0 Å². The third kappa shape index (κ3) is 4.65. The highest BCUT2D eigenvalue weighted by Crippen LogP contribution is 2.43. The van der Waals surface area contributed by atoms with Crippen molar-refractivity contribution in [3.63, 3.8) is 0 Å². The van der Waals surface area contributed by atoms with Crippen LogP contribution in [-0.2, 0) is 22.4 Å². The molecule has 2 saturated heterocycles. The Labute approximate surface area is 199 Å². The predicted octanol–water partition coefficient (Wildman–Crippen LogP) is 5.44. The number of benzene rings is 1. The molecule has 0 N–H and O–H groups in total. The van der Waals surface area contributed by atoms with Gasteiger partial charge in [0.25, 0.3) is 0 Å². The lowest BCUT2D eigenvalue weighted by Gasteiger charge is -2.37. The van der Waals surface area contributed by atoms with E-state index in [2.05, 4.69) is 52.0 Å². The zero-order valence-electron chi connectivity index (χ0n) is 19.0. The summed E-state index contributed by atoms with van der Waals surface area (Å²) in [6.45, 7) is 5.55. The van der Waals surface area contributed by atoms with Crippen molar-refractivity contribution in [3.8, 4) is 0 Å². The summed E-state index contributed by atoms with van der Waals surface area (Å²) >= 11 is 3.63. The number of carbonyl (C=O) groups is 1. The second kappa shape index (κ2) is 9.64. The number of hydrogen-bond donors (Lipinski definition) is 0. The Morgan fingerprint density at radius 2 is 1.84 bits per heavy atom. The van der Waals surface area contributed by atoms with Crippen molar-refractivity contribution in [1.29, 1.82) is 0 Å². The SMILES string of the molecule is Cc1ccc2c(c1)CCc1cc(Br)cnc1C2C1CCN(C(=O)CC2CCOCC2)CC1. The molecule has 32 heavy (non-hydrogen) atoms. The van der Waals surface area contributed by atoms with Gasteiger partial charge in [0.2, 0.25) is 5.91 Å². The maximum absolute atomic E-state index is 12.9. The quantitative estimate of drug-likeness (QED) is 0.568. The van der Waals surface area contributed by atoms with Crippen molar-refractivity contribution in [2.75, 3.05) is 26.3 Å². The maximum atomic E-state index is 12.9. The van der Waals surface area contributed by atoms with Crippen LogP contribution >= 0.6 is 15.9 Å². The van der Waals surface area contributed by atoms with Crippen LogP contribution in [0.5, 0.6) is 0 Å². The molecule has 2 aliphatic heterocycles. The van der Waals surface area contributed by atoms with Gasteiger partial charge in [-0.05, 0) is 96.0 Å². The minimum absolute atomic E-state index is 0.323. The van der Waals surface area contributed by atoms with E-state index >= 15 is 0 Å². The molecule has 1 atom stereocenters. The second-order valence-corrected chi connectivity index (χ2v) is 10.8. The van der Waals surface area contributed by atoms with E-state index in [0.29, 0.717) is 30.1 Å². The van der Waals surface area contributed by atoms with Gasteiger partial charge in [-0.25, -0.2) is 0 Å². The summed E-state index contributed by atoms with van der Waals surface area (Å²) in [5.41, 5.74) is 6.88. The van der Waals surface area contributed by atoms with Crippen LogP contribution in [0, 0.1) is 18.8 Å². The molecule has 0 radical (unpaired) electrons. The number of halogens is 1. The standard InChI is InChI=1S/C27H33BrN2O2/c1-18-2-5-24-21(14-18)3-4-22-16-23(28)17-29-27(22)26(24)20-6-10-30(11-7-20)25(31)15-19-8-12-32-13-9-19/h2,5,14,16-17,19-20,26H,3-4,6-13,15H2,1H3. The molecule has 1 aromatic carbocycles. The zero-order chi connectivity index (χ0) is 22.1. The van der Waals surface area contributed by atoms with Crippen molar-refractivity contribution < 1.29 is 9.53 Å². The Morgan fingerprint density at radius 3 is 2.62 bits per heavy atom. The summed E-state index contributed by atoms with van der Waals surface area (Å²) in [7, 11) is 0. The first-order valence-corrected chi connectivity index (χ1v) is 13.0. The molecule has 1 aromatic heterocycles. The van der Waals surface area contributed by atoms with Crippen LogP contribution in [0.1, 0.15) is 66.0 Å². The van der Waals surface area contributed by atoms with Gasteiger partial charge in [-0.3, -0.25) is 9.78 Å². The lowest BCUT2D eigenvalue weighted by Crippen LogP contribution is -2.41. The molecule has 2 fully saturated rings. The lowest BCUT2D eigenvalue weighted by atomic mass is 9.76. The predicted molar refractivity (Wildman–Crippen MR) is 130 cm³/mol. The number of hydrogen-bond acceptors (Lipinski definition) is 3. The first-order valence-electron chi connectivity index (χ1n) is 12.2. The maximum Gasteiger partial charge on any atom is 0.222 e. The van der Waals surface area contributed by atoms with E-state index in [9.17, 15) is 4.79 Å². The number of piperidine rings is 1. The number of aromatic nitrogens is 1. The van der Waals surface area contributed by atoms with Crippen molar-refractivity contribution in [2.45, 2.75) is 57.8 Å². The Kier molecular flexibility index (Phi) is 6.66. The van der Waals surface area contributed by atoms with E-state index in [-0.39, 0.29) is 0 Å². The number of aryl methyl sites for hydroxylation is 3. The van der Waals surface area contributed by atoms with Crippen molar-refractivity contribution >= 4 is 21.8 Å². The van der Waals surface area contributed by atoms with Crippen molar-refractivity contribution in [2.24, 2.45) is 11.8 Å². The van der Waals surface area contributed by atoms with E-state index in [0.717, 1.165) is 69.3 Å². The van der Waals surface area contributed by atoms with Gasteiger partial charge in [0.15, 0.2) is 0 Å². The van der Waals surface area contributed by atoms with Crippen LogP contribution in [0.3, 0.4) is 0 Å². The van der Waals surface area contributed by atoms with Crippen LogP contribution in [0.4, 0.5) is 0 Å². The number of fused-ring (bicyclic) bond motifs is 2. The number of carbonyl (C=O) groups excluding carboxylic acids is 1. The Hall–Kier alpha value is -1.72. The number of likely N-dealkylation sites (tertiary alicyclic amines) is 1. The molecule has 1 unspecified atom stereocenters. The van der Waals surface area contributed by atoms with E-state index in [4.69, 9.17) is 9.72 Å². The number of rotatable bonds is 3. The fourth-order valence-electron chi connectivity index (χ4n) is 5.93. The molecular formula is C27H33BrN2O2. The first-order chi connectivity index (χ1) is 15.6. The van der Waals surface area contributed by atoms with Crippen molar-refractivity contribution in [1.82, 2.24) is 9.88 Å². The van der Waals surface area contributed by atoms with Gasteiger partial charge in [-0.1, -0.05) is 23.8 Å². The highest BCUT2D eigenvalue weighted by atomic mass is 79.9. The molecule has 4 nitrogen and oxygen atoms in total. The summed E-state index contributed by atoms with van der Waals surface area (Å²) in [4.78, 5) is 20.0. The highest BCUT2D eigenvalue weighted by Gasteiger charge is 2.35. The monoisotopic (exact) mass is 496 g/mol. The second-order valence-electron chi connectivity index (χ2n) is 9.86. The molecule has 5 rings (SSSR count). The summed E-state index contributed by atoms with van der Waals surface area (Å²) in [5.74, 6) is 1.69. The van der Waals surface area contributed by atoms with E-state index in [1.54, 1.807) is 0 Å². The Bertz CT molecular complexity index is 924. The van der Waals surface area contributed by atoms with Crippen LogP contribution in [0.2, 0.25) is 0 Å². The third-order valence-electron chi connectivity index (χ3n) is 7.73. The number of pyridine rings is 1. The smallest absolute Gasteiger partial charge is 0.222 e. The van der Waals surface area contributed by atoms with Crippen LogP contribution < -0.4 is 0 Å². The summed E-state index contributed by atoms with van der Waals surface area (Å²) < 4.78 is 6.52. The van der Waals surface area contributed by atoms with Gasteiger partial charge in [0.05, 0.1) is 5.69 Å². The average molecular weight is 497 g/mol. The molecule has 0 spiro atoms. The van der Waals surface area contributed by atoms with E-state index in [1.165, 1.54) is 27.9 Å². The molecule has 170 valence electrons. The highest BCUT2D eigenvalue weighted by molar-refractivity contribution is 9.10. The molecule has 3 aliphatic rings. The number of amides is 1. The number of nitrogens with zero attached hydrogens (tertiary/aromatic N) is 2. The summed E-state index contributed by atoms with van der Waals surface area (Å²) in [6.07, 6.45) is 8.91. The Morgan fingerprint density at radius 1 is 1.09 bits per heavy atom. The normalized spacial score (nSPS) is 22.2. The molecule has 1 amide bonds. The van der Waals surface area contributed by atoms with E-state index in [1.807, 2.05) is 6.20 Å². The minimum atomic E-state index is 0.323. The van der Waals surface area contributed by atoms with Gasteiger partial charge in [-0.2, -0.15) is 0 Å². The third-order valence-corrected chi connectivity index (χ3v) is 8.16. The van der Waals surface area contributed by atoms with Gasteiger partial charge in [-0.15, -0.1) is 0 Å². The van der Waals surface area contributed by atoms with Gasteiger partial charge in [0.1, 0.15) is 0 Å². The average Bonchev–Trinajstić information content (AvgIpc) is 2.96. The molecule has 2 aromatic rings. The van der Waals surface area contributed by atoms with Crippen molar-refractivity contribution in [3.05, 3.63) is 62.9 Å². The molecule has 3 heterocycles. The summed E-state index contributed by atoms with van der Waals surface area (Å²) in [6, 6.07) is 9.23. The fraction of sp³-hybridized carbons (Fsp3) is 0.556. The first kappa shape index (κ1) is 22.1. The van der Waals surface area contributed by atoms with Gasteiger partial charge < -0.3 is 9.64 Å². The van der Waals surface area contributed by atoms with Gasteiger partial charge in [0, 0.05) is 49.3 Å². The molecule has 0 bridgehead atoms. The Balaban J connectivity index is 1.35. The van der Waals surface area contributed by atoms with Crippen LogP contribution in [0.25, 0.3) is 0 Å². The lowest BCUT2D eigenvalue weighted by molar-refractivity contribution is -0.134. The van der Waals surface area contributed by atoms with Crippen LogP contribution in [0.15, 0.2) is 34.9 Å². The minimum Gasteiger partial charge on any atom is -0.381 e. The van der Waals surface area contributed by atoms with Crippen LogP contribution in [-0.4, -0.2) is 42.1 Å². The zero-order valence-corrected chi connectivity index (χ0v) is 20.6. The molecule has 5 heteroatoms. The topological polar surface area (TPSA) is 42.4 Å². The largest absolute Gasteiger partial charge is 0.381 e. The van der Waals surface area contributed by atoms with Gasteiger partial charge >= 0.3 is 0 Å². The molecular weight excluding hydrogens is 464 g/mol. The number of ether oxygens (including phenoxy) is 1.